The number of ether oxygens (including phenoxy) is 2. The Balaban J connectivity index is 1.48. The van der Waals surface area contributed by atoms with E-state index in [0.717, 1.165) is 42.7 Å². The minimum Gasteiger partial charge on any atom is -0.494 e. The van der Waals surface area contributed by atoms with Gasteiger partial charge in [0.1, 0.15) is 5.75 Å². The topological polar surface area (TPSA) is 44.2 Å². The van der Waals surface area contributed by atoms with Crippen LogP contribution in [-0.4, -0.2) is 23.7 Å². The van der Waals surface area contributed by atoms with E-state index in [1.54, 1.807) is 19.5 Å². The SMILES string of the molecule is COc1ncccc1-c1ccc(OCCCCc2cccnc2)cc1. The van der Waals surface area contributed by atoms with E-state index >= 15 is 0 Å². The van der Waals surface area contributed by atoms with Crippen LogP contribution < -0.4 is 9.47 Å². The standard InChI is InChI=1S/C21H22N2O2/c1-24-21-20(8-5-14-23-21)18-9-11-19(12-10-18)25-15-3-2-6-17-7-4-13-22-16-17/h4-5,7-14,16H,2-3,6,15H2,1H3. The lowest BCUT2D eigenvalue weighted by molar-refractivity contribution is 0.307. The maximum Gasteiger partial charge on any atom is 0.221 e. The Morgan fingerprint density at radius 1 is 0.920 bits per heavy atom. The summed E-state index contributed by atoms with van der Waals surface area (Å²) in [6.07, 6.45) is 8.61. The molecular weight excluding hydrogens is 312 g/mol. The Labute approximate surface area is 148 Å². The van der Waals surface area contributed by atoms with Crippen LogP contribution in [0, 0.1) is 0 Å². The first kappa shape index (κ1) is 17.0. The molecule has 0 aliphatic rings. The second-order valence-electron chi connectivity index (χ2n) is 5.75. The Bertz CT molecular complexity index is 773. The largest absolute Gasteiger partial charge is 0.494 e. The van der Waals surface area contributed by atoms with Crippen molar-refractivity contribution in [3.63, 3.8) is 0 Å². The van der Waals surface area contributed by atoms with Gasteiger partial charge in [0.2, 0.25) is 5.88 Å². The smallest absolute Gasteiger partial charge is 0.221 e. The molecule has 3 rings (SSSR count). The van der Waals surface area contributed by atoms with Gasteiger partial charge in [0.05, 0.1) is 13.7 Å². The molecule has 0 bridgehead atoms. The number of benzene rings is 1. The highest BCUT2D eigenvalue weighted by molar-refractivity contribution is 5.68. The zero-order valence-corrected chi connectivity index (χ0v) is 14.4. The van der Waals surface area contributed by atoms with Crippen molar-refractivity contribution in [1.82, 2.24) is 9.97 Å². The summed E-state index contributed by atoms with van der Waals surface area (Å²) in [5, 5.41) is 0. The molecule has 0 saturated carbocycles. The molecule has 128 valence electrons. The van der Waals surface area contributed by atoms with Gasteiger partial charge in [-0.05, 0) is 60.7 Å². The first-order valence-corrected chi connectivity index (χ1v) is 8.48. The quantitative estimate of drug-likeness (QED) is 0.567. The molecular formula is C21H22N2O2. The molecule has 0 atom stereocenters. The van der Waals surface area contributed by atoms with Gasteiger partial charge in [0.25, 0.3) is 0 Å². The summed E-state index contributed by atoms with van der Waals surface area (Å²) in [4.78, 5) is 8.37. The van der Waals surface area contributed by atoms with Crippen LogP contribution in [0.15, 0.2) is 67.1 Å². The van der Waals surface area contributed by atoms with E-state index in [1.807, 2.05) is 48.7 Å². The number of rotatable bonds is 8. The molecule has 1 aromatic carbocycles. The molecule has 4 heteroatoms. The number of nitrogens with zero attached hydrogens (tertiary/aromatic N) is 2. The molecule has 2 aromatic heterocycles. The third kappa shape index (κ3) is 4.80. The molecule has 0 amide bonds. The van der Waals surface area contributed by atoms with E-state index in [1.165, 1.54) is 5.56 Å². The van der Waals surface area contributed by atoms with Crippen LogP contribution >= 0.6 is 0 Å². The average molecular weight is 334 g/mol. The van der Waals surface area contributed by atoms with Crippen LogP contribution in [-0.2, 0) is 6.42 Å². The van der Waals surface area contributed by atoms with Gasteiger partial charge in [-0.3, -0.25) is 4.98 Å². The highest BCUT2D eigenvalue weighted by atomic mass is 16.5. The van der Waals surface area contributed by atoms with Gasteiger partial charge in [-0.25, -0.2) is 4.98 Å². The summed E-state index contributed by atoms with van der Waals surface area (Å²) in [5.74, 6) is 1.51. The van der Waals surface area contributed by atoms with Gasteiger partial charge in [-0.15, -0.1) is 0 Å². The molecule has 0 unspecified atom stereocenters. The number of hydrogen-bond acceptors (Lipinski definition) is 4. The second kappa shape index (κ2) is 8.83. The summed E-state index contributed by atoms with van der Waals surface area (Å²) in [5.41, 5.74) is 3.32. The van der Waals surface area contributed by atoms with Crippen molar-refractivity contribution in [3.05, 3.63) is 72.7 Å². The van der Waals surface area contributed by atoms with Gasteiger partial charge in [-0.1, -0.05) is 18.2 Å². The van der Waals surface area contributed by atoms with Gasteiger partial charge < -0.3 is 9.47 Å². The predicted octanol–water partition coefficient (Wildman–Crippen LogP) is 4.55. The number of methoxy groups -OCH3 is 1. The Kier molecular flexibility index (Phi) is 5.99. The Morgan fingerprint density at radius 3 is 2.52 bits per heavy atom. The van der Waals surface area contributed by atoms with Crippen molar-refractivity contribution in [2.75, 3.05) is 13.7 Å². The first-order valence-electron chi connectivity index (χ1n) is 8.48. The van der Waals surface area contributed by atoms with Crippen LogP contribution in [0.25, 0.3) is 11.1 Å². The minimum atomic E-state index is 0.631. The van der Waals surface area contributed by atoms with E-state index in [9.17, 15) is 0 Å². The van der Waals surface area contributed by atoms with Gasteiger partial charge >= 0.3 is 0 Å². The number of hydrogen-bond donors (Lipinski definition) is 0. The number of aromatic nitrogens is 2. The van der Waals surface area contributed by atoms with E-state index in [2.05, 4.69) is 16.0 Å². The summed E-state index contributed by atoms with van der Waals surface area (Å²) in [6.45, 7) is 0.718. The zero-order chi connectivity index (χ0) is 17.3. The number of aryl methyl sites for hydroxylation is 1. The van der Waals surface area contributed by atoms with Crippen LogP contribution in [0.1, 0.15) is 18.4 Å². The fourth-order valence-electron chi connectivity index (χ4n) is 2.67. The van der Waals surface area contributed by atoms with Crippen molar-refractivity contribution in [2.24, 2.45) is 0 Å². The van der Waals surface area contributed by atoms with E-state index in [0.29, 0.717) is 5.88 Å². The summed E-state index contributed by atoms with van der Waals surface area (Å²) >= 11 is 0. The summed E-state index contributed by atoms with van der Waals surface area (Å²) < 4.78 is 11.1. The van der Waals surface area contributed by atoms with Gasteiger partial charge in [0.15, 0.2) is 0 Å². The molecule has 2 heterocycles. The maximum atomic E-state index is 5.83. The normalized spacial score (nSPS) is 10.4. The van der Waals surface area contributed by atoms with Gasteiger partial charge in [-0.2, -0.15) is 0 Å². The summed E-state index contributed by atoms with van der Waals surface area (Å²) in [7, 11) is 1.63. The molecule has 0 radical (unpaired) electrons. The predicted molar refractivity (Wildman–Crippen MR) is 98.9 cm³/mol. The van der Waals surface area contributed by atoms with Crippen molar-refractivity contribution < 1.29 is 9.47 Å². The first-order chi connectivity index (χ1) is 12.4. The molecule has 3 aromatic rings. The number of unbranched alkanes of at least 4 members (excludes halogenated alkanes) is 1. The van der Waals surface area contributed by atoms with Crippen LogP contribution in [0.3, 0.4) is 0 Å². The lowest BCUT2D eigenvalue weighted by Crippen LogP contribution is -1.98. The lowest BCUT2D eigenvalue weighted by atomic mass is 10.1. The fraction of sp³-hybridized carbons (Fsp3) is 0.238. The monoisotopic (exact) mass is 334 g/mol. The molecule has 0 saturated heterocycles. The molecule has 0 aliphatic heterocycles. The second-order valence-corrected chi connectivity index (χ2v) is 5.75. The van der Waals surface area contributed by atoms with Crippen LogP contribution in [0.2, 0.25) is 0 Å². The molecule has 0 N–H and O–H groups in total. The highest BCUT2D eigenvalue weighted by Crippen LogP contribution is 2.28. The zero-order valence-electron chi connectivity index (χ0n) is 14.4. The number of pyridine rings is 2. The van der Waals surface area contributed by atoms with Crippen LogP contribution in [0.5, 0.6) is 11.6 Å². The molecule has 0 aliphatic carbocycles. The molecule has 0 spiro atoms. The fourth-order valence-corrected chi connectivity index (χ4v) is 2.67. The highest BCUT2D eigenvalue weighted by Gasteiger charge is 2.06. The van der Waals surface area contributed by atoms with Crippen molar-refractivity contribution in [2.45, 2.75) is 19.3 Å². The molecule has 4 nitrogen and oxygen atoms in total. The Morgan fingerprint density at radius 2 is 1.76 bits per heavy atom. The van der Waals surface area contributed by atoms with Crippen molar-refractivity contribution in [3.8, 4) is 22.8 Å². The molecule has 0 fully saturated rings. The van der Waals surface area contributed by atoms with Crippen molar-refractivity contribution in [1.29, 1.82) is 0 Å². The van der Waals surface area contributed by atoms with E-state index < -0.39 is 0 Å². The van der Waals surface area contributed by atoms with Crippen molar-refractivity contribution >= 4 is 0 Å². The molecule has 25 heavy (non-hydrogen) atoms. The van der Waals surface area contributed by atoms with Crippen LogP contribution in [0.4, 0.5) is 0 Å². The lowest BCUT2D eigenvalue weighted by Gasteiger charge is -2.09. The minimum absolute atomic E-state index is 0.631. The summed E-state index contributed by atoms with van der Waals surface area (Å²) in [6, 6.07) is 16.0. The average Bonchev–Trinajstić information content (AvgIpc) is 2.69. The third-order valence-corrected chi connectivity index (χ3v) is 3.98. The maximum absolute atomic E-state index is 5.83. The Hall–Kier alpha value is -2.88. The van der Waals surface area contributed by atoms with Gasteiger partial charge in [0, 0.05) is 24.2 Å². The van der Waals surface area contributed by atoms with E-state index in [4.69, 9.17) is 9.47 Å². The third-order valence-electron chi connectivity index (χ3n) is 3.98. The van der Waals surface area contributed by atoms with E-state index in [-0.39, 0.29) is 0 Å².